The third-order valence-electron chi connectivity index (χ3n) is 4.97. The number of fused-ring (bicyclic) bond motifs is 1. The first kappa shape index (κ1) is 14.0. The summed E-state index contributed by atoms with van der Waals surface area (Å²) >= 11 is 0. The van der Waals surface area contributed by atoms with Gasteiger partial charge in [-0.15, -0.1) is 0 Å². The number of furan rings is 1. The van der Waals surface area contributed by atoms with Crippen molar-refractivity contribution in [2.45, 2.75) is 37.1 Å². The molecule has 2 saturated heterocycles. The summed E-state index contributed by atoms with van der Waals surface area (Å²) in [6.07, 6.45) is 3.80. The van der Waals surface area contributed by atoms with E-state index in [1.807, 2.05) is 12.1 Å². The van der Waals surface area contributed by atoms with Crippen molar-refractivity contribution in [3.63, 3.8) is 0 Å². The highest BCUT2D eigenvalue weighted by atomic mass is 16.5. The average Bonchev–Trinajstić information content (AvgIpc) is 3.02. The first-order valence-corrected chi connectivity index (χ1v) is 7.77. The summed E-state index contributed by atoms with van der Waals surface area (Å²) in [5.74, 6) is 0.909. The molecule has 118 valence electrons. The third-order valence-corrected chi connectivity index (χ3v) is 4.97. The lowest BCUT2D eigenvalue weighted by atomic mass is 9.80. The van der Waals surface area contributed by atoms with Crippen molar-refractivity contribution >= 4 is 16.8 Å². The monoisotopic (exact) mass is 304 g/mol. The molecule has 4 heterocycles. The SMILES string of the molecule is O[C@H]1CCOC2(CCN(c3nccc4occc34)CC2)[C@H]1O. The van der Waals surface area contributed by atoms with E-state index in [2.05, 4.69) is 9.88 Å². The van der Waals surface area contributed by atoms with Gasteiger partial charge in [-0.2, -0.15) is 0 Å². The molecule has 4 rings (SSSR count). The summed E-state index contributed by atoms with van der Waals surface area (Å²) in [6, 6.07) is 3.78. The predicted molar refractivity (Wildman–Crippen MR) is 80.8 cm³/mol. The smallest absolute Gasteiger partial charge is 0.139 e. The van der Waals surface area contributed by atoms with E-state index in [1.165, 1.54) is 0 Å². The van der Waals surface area contributed by atoms with Crippen molar-refractivity contribution in [1.29, 1.82) is 0 Å². The molecule has 0 saturated carbocycles. The second-order valence-electron chi connectivity index (χ2n) is 6.17. The zero-order valence-electron chi connectivity index (χ0n) is 12.3. The van der Waals surface area contributed by atoms with Crippen LogP contribution in [0.5, 0.6) is 0 Å². The molecule has 6 heteroatoms. The van der Waals surface area contributed by atoms with Gasteiger partial charge in [-0.05, 0) is 31.4 Å². The second-order valence-corrected chi connectivity index (χ2v) is 6.17. The van der Waals surface area contributed by atoms with Crippen LogP contribution in [-0.4, -0.2) is 52.7 Å². The molecule has 0 amide bonds. The summed E-state index contributed by atoms with van der Waals surface area (Å²) in [6.45, 7) is 1.98. The van der Waals surface area contributed by atoms with E-state index in [0.717, 1.165) is 29.9 Å². The molecule has 0 bridgehead atoms. The Morgan fingerprint density at radius 2 is 2.05 bits per heavy atom. The summed E-state index contributed by atoms with van der Waals surface area (Å²) in [5, 5.41) is 21.3. The zero-order chi connectivity index (χ0) is 15.2. The number of ether oxygens (including phenoxy) is 1. The van der Waals surface area contributed by atoms with Crippen LogP contribution in [0, 0.1) is 0 Å². The summed E-state index contributed by atoms with van der Waals surface area (Å²) in [7, 11) is 0. The molecular weight excluding hydrogens is 284 g/mol. The van der Waals surface area contributed by atoms with E-state index in [0.29, 0.717) is 25.9 Å². The van der Waals surface area contributed by atoms with Crippen molar-refractivity contribution in [2.75, 3.05) is 24.6 Å². The van der Waals surface area contributed by atoms with Crippen molar-refractivity contribution in [1.82, 2.24) is 4.98 Å². The predicted octanol–water partition coefficient (Wildman–Crippen LogP) is 1.31. The van der Waals surface area contributed by atoms with Crippen LogP contribution >= 0.6 is 0 Å². The Morgan fingerprint density at radius 3 is 2.86 bits per heavy atom. The van der Waals surface area contributed by atoms with Crippen LogP contribution in [-0.2, 0) is 4.74 Å². The minimum Gasteiger partial charge on any atom is -0.464 e. The van der Waals surface area contributed by atoms with E-state index in [-0.39, 0.29) is 0 Å². The fourth-order valence-electron chi connectivity index (χ4n) is 3.65. The number of hydrogen-bond acceptors (Lipinski definition) is 6. The van der Waals surface area contributed by atoms with Crippen LogP contribution in [0.25, 0.3) is 11.0 Å². The van der Waals surface area contributed by atoms with Gasteiger partial charge >= 0.3 is 0 Å². The Hall–Kier alpha value is -1.63. The fraction of sp³-hybridized carbons (Fsp3) is 0.562. The van der Waals surface area contributed by atoms with Crippen LogP contribution in [0.3, 0.4) is 0 Å². The highest BCUT2D eigenvalue weighted by Gasteiger charge is 2.47. The van der Waals surface area contributed by atoms with Gasteiger partial charge in [0.1, 0.15) is 17.5 Å². The molecule has 2 atom stereocenters. The van der Waals surface area contributed by atoms with Gasteiger partial charge < -0.3 is 24.3 Å². The van der Waals surface area contributed by atoms with Crippen molar-refractivity contribution in [3.05, 3.63) is 24.6 Å². The third kappa shape index (κ3) is 2.10. The first-order valence-electron chi connectivity index (χ1n) is 7.77. The topological polar surface area (TPSA) is 79.0 Å². The van der Waals surface area contributed by atoms with Crippen molar-refractivity contribution in [3.8, 4) is 0 Å². The Bertz CT molecular complexity index is 663. The Labute approximate surface area is 128 Å². The normalized spacial score (nSPS) is 28.4. The number of hydrogen-bond donors (Lipinski definition) is 2. The van der Waals surface area contributed by atoms with Gasteiger partial charge in [0.05, 0.1) is 30.0 Å². The highest BCUT2D eigenvalue weighted by Crippen LogP contribution is 2.37. The van der Waals surface area contributed by atoms with E-state index in [1.54, 1.807) is 12.5 Å². The maximum Gasteiger partial charge on any atom is 0.139 e. The number of aliphatic hydroxyl groups is 2. The summed E-state index contributed by atoms with van der Waals surface area (Å²) < 4.78 is 11.3. The largest absolute Gasteiger partial charge is 0.464 e. The minimum atomic E-state index is -0.805. The van der Waals surface area contributed by atoms with Crippen LogP contribution in [0.1, 0.15) is 19.3 Å². The van der Waals surface area contributed by atoms with Crippen LogP contribution in [0.4, 0.5) is 5.82 Å². The molecule has 2 N–H and O–H groups in total. The van der Waals surface area contributed by atoms with Gasteiger partial charge in [-0.1, -0.05) is 0 Å². The summed E-state index contributed by atoms with van der Waals surface area (Å²) in [5.41, 5.74) is 0.216. The van der Waals surface area contributed by atoms with Gasteiger partial charge in [0, 0.05) is 19.3 Å². The molecular formula is C16H20N2O4. The quantitative estimate of drug-likeness (QED) is 0.827. The van der Waals surface area contributed by atoms with Crippen molar-refractivity contribution < 1.29 is 19.4 Å². The number of aliphatic hydroxyl groups excluding tert-OH is 2. The number of aromatic nitrogens is 1. The number of nitrogens with zero attached hydrogens (tertiary/aromatic N) is 2. The van der Waals surface area contributed by atoms with Gasteiger partial charge in [0.2, 0.25) is 0 Å². The number of pyridine rings is 1. The number of anilines is 1. The summed E-state index contributed by atoms with van der Waals surface area (Å²) in [4.78, 5) is 6.68. The van der Waals surface area contributed by atoms with E-state index < -0.39 is 17.8 Å². The number of piperidine rings is 1. The molecule has 0 radical (unpaired) electrons. The zero-order valence-corrected chi connectivity index (χ0v) is 12.3. The maximum absolute atomic E-state index is 10.3. The second kappa shape index (κ2) is 5.22. The first-order chi connectivity index (χ1) is 10.7. The Kier molecular flexibility index (Phi) is 3.32. The minimum absolute atomic E-state index is 0.502. The lowest BCUT2D eigenvalue weighted by molar-refractivity contribution is -0.205. The maximum atomic E-state index is 10.3. The van der Waals surface area contributed by atoms with Crippen LogP contribution < -0.4 is 4.90 Å². The van der Waals surface area contributed by atoms with E-state index >= 15 is 0 Å². The number of rotatable bonds is 1. The molecule has 2 aromatic heterocycles. The van der Waals surface area contributed by atoms with E-state index in [9.17, 15) is 10.2 Å². The molecule has 2 aliphatic rings. The van der Waals surface area contributed by atoms with E-state index in [4.69, 9.17) is 9.15 Å². The van der Waals surface area contributed by atoms with Gasteiger partial charge in [0.25, 0.3) is 0 Å². The van der Waals surface area contributed by atoms with Crippen LogP contribution in [0.15, 0.2) is 29.0 Å². The molecule has 1 spiro atoms. The van der Waals surface area contributed by atoms with Crippen molar-refractivity contribution in [2.24, 2.45) is 0 Å². The Balaban J connectivity index is 1.56. The Morgan fingerprint density at radius 1 is 1.23 bits per heavy atom. The molecule has 6 nitrogen and oxygen atoms in total. The lowest BCUT2D eigenvalue weighted by Crippen LogP contribution is -2.60. The van der Waals surface area contributed by atoms with Gasteiger partial charge in [-0.3, -0.25) is 0 Å². The lowest BCUT2D eigenvalue weighted by Gasteiger charge is -2.48. The molecule has 0 aliphatic carbocycles. The van der Waals surface area contributed by atoms with Crippen LogP contribution in [0.2, 0.25) is 0 Å². The molecule has 2 fully saturated rings. The average molecular weight is 304 g/mol. The fourth-order valence-corrected chi connectivity index (χ4v) is 3.65. The molecule has 2 aliphatic heterocycles. The van der Waals surface area contributed by atoms with Gasteiger partial charge in [0.15, 0.2) is 0 Å². The molecule has 22 heavy (non-hydrogen) atoms. The molecule has 0 unspecified atom stereocenters. The van der Waals surface area contributed by atoms with Gasteiger partial charge in [-0.25, -0.2) is 4.98 Å². The molecule has 0 aromatic carbocycles. The standard InChI is InChI=1S/C16H20N2O4/c19-12-3-10-22-16(14(12)20)4-7-18(8-5-16)15-11-2-9-21-13(11)1-6-17-15/h1-2,6,9,12,14,19-20H,3-5,7-8,10H2/t12-,14-/m0/s1. The highest BCUT2D eigenvalue weighted by molar-refractivity contribution is 5.88. The molecule has 2 aromatic rings.